The number of rotatable bonds is 3. The molecule has 0 spiro atoms. The maximum absolute atomic E-state index is 11.5. The molecule has 5 nitrogen and oxygen atoms in total. The summed E-state index contributed by atoms with van der Waals surface area (Å²) >= 11 is 0. The lowest BCUT2D eigenvalue weighted by atomic mass is 10.0. The first-order valence-corrected chi connectivity index (χ1v) is 7.05. The molecule has 110 valence electrons. The highest BCUT2D eigenvalue weighted by Gasteiger charge is 2.65. The summed E-state index contributed by atoms with van der Waals surface area (Å²) in [5, 5.41) is 15.4. The molecule has 0 radical (unpaired) electrons. The molecule has 0 bridgehead atoms. The van der Waals surface area contributed by atoms with Crippen molar-refractivity contribution in [3.63, 3.8) is 0 Å². The zero-order chi connectivity index (χ0) is 15.4. The van der Waals surface area contributed by atoms with E-state index in [1.165, 1.54) is 0 Å². The van der Waals surface area contributed by atoms with E-state index in [4.69, 9.17) is 0 Å². The van der Waals surface area contributed by atoms with E-state index in [0.717, 1.165) is 0 Å². The van der Waals surface area contributed by atoms with Crippen molar-refractivity contribution in [2.75, 3.05) is 5.32 Å². The Morgan fingerprint density at radius 1 is 1.19 bits per heavy atom. The summed E-state index contributed by atoms with van der Waals surface area (Å²) in [5.41, 5.74) is 1.56. The molecule has 0 unspecified atom stereocenters. The number of nitrogens with one attached hydrogen (secondary N) is 1. The Bertz CT molecular complexity index is 723. The molecule has 2 aromatic rings. The molecule has 1 aliphatic carbocycles. The molecule has 1 saturated carbocycles. The van der Waals surface area contributed by atoms with Crippen LogP contribution in [-0.4, -0.2) is 15.9 Å². The highest BCUT2D eigenvalue weighted by molar-refractivity contribution is 5.94. The van der Waals surface area contributed by atoms with Crippen molar-refractivity contribution in [1.82, 2.24) is 4.98 Å². The van der Waals surface area contributed by atoms with Crippen molar-refractivity contribution < 1.29 is 4.92 Å². The van der Waals surface area contributed by atoms with Crippen LogP contribution in [-0.2, 0) is 0 Å². The van der Waals surface area contributed by atoms with Gasteiger partial charge in [-0.05, 0) is 35.1 Å². The van der Waals surface area contributed by atoms with E-state index in [2.05, 4.69) is 38.0 Å². The topological polar surface area (TPSA) is 68.1 Å². The average Bonchev–Trinajstić information content (AvgIpc) is 2.80. The van der Waals surface area contributed by atoms with Crippen molar-refractivity contribution in [2.45, 2.75) is 33.7 Å². The van der Waals surface area contributed by atoms with Crippen molar-refractivity contribution >= 4 is 22.3 Å². The third-order valence-electron chi connectivity index (χ3n) is 5.26. The molecule has 1 heterocycles. The second kappa shape index (κ2) is 4.16. The summed E-state index contributed by atoms with van der Waals surface area (Å²) in [7, 11) is 0. The van der Waals surface area contributed by atoms with Gasteiger partial charge in [-0.1, -0.05) is 27.7 Å². The van der Waals surface area contributed by atoms with Crippen LogP contribution < -0.4 is 5.32 Å². The highest BCUT2D eigenvalue weighted by atomic mass is 16.6. The predicted octanol–water partition coefficient (Wildman–Crippen LogP) is 3.99. The predicted molar refractivity (Wildman–Crippen MR) is 83.4 cm³/mol. The van der Waals surface area contributed by atoms with Gasteiger partial charge in [0.15, 0.2) is 0 Å². The second-order valence-corrected chi connectivity index (χ2v) is 6.81. The largest absolute Gasteiger partial charge is 0.376 e. The Balaban J connectivity index is 2.08. The molecule has 0 saturated heterocycles. The number of nitro benzene ring substituents is 1. The van der Waals surface area contributed by atoms with Crippen molar-refractivity contribution in [2.24, 2.45) is 10.8 Å². The van der Waals surface area contributed by atoms with Gasteiger partial charge in [0.1, 0.15) is 5.69 Å². The fraction of sp³-hybridized carbons (Fsp3) is 0.438. The van der Waals surface area contributed by atoms with Gasteiger partial charge in [-0.2, -0.15) is 0 Å². The van der Waals surface area contributed by atoms with Gasteiger partial charge in [0, 0.05) is 12.2 Å². The molecule has 0 amide bonds. The van der Waals surface area contributed by atoms with Crippen LogP contribution in [0.5, 0.6) is 0 Å². The number of hydrogen-bond acceptors (Lipinski definition) is 4. The zero-order valence-corrected chi connectivity index (χ0v) is 12.7. The lowest BCUT2D eigenvalue weighted by Gasteiger charge is -2.10. The van der Waals surface area contributed by atoms with E-state index >= 15 is 0 Å². The summed E-state index contributed by atoms with van der Waals surface area (Å²) < 4.78 is 0. The lowest BCUT2D eigenvalue weighted by molar-refractivity contribution is -0.382. The molecular weight excluding hydrogens is 266 g/mol. The fourth-order valence-electron chi connectivity index (χ4n) is 3.16. The second-order valence-electron chi connectivity index (χ2n) is 6.81. The summed E-state index contributed by atoms with van der Waals surface area (Å²) in [5.74, 6) is 0. The molecule has 1 fully saturated rings. The van der Waals surface area contributed by atoms with Crippen LogP contribution in [0.2, 0.25) is 0 Å². The van der Waals surface area contributed by atoms with Crippen LogP contribution in [0.15, 0.2) is 30.5 Å². The van der Waals surface area contributed by atoms with Gasteiger partial charge in [-0.15, -0.1) is 0 Å². The molecule has 1 aromatic heterocycles. The summed E-state index contributed by atoms with van der Waals surface area (Å²) in [4.78, 5) is 15.4. The van der Waals surface area contributed by atoms with E-state index < -0.39 is 0 Å². The smallest absolute Gasteiger partial charge is 0.301 e. The van der Waals surface area contributed by atoms with Gasteiger partial charge in [0.2, 0.25) is 0 Å². The number of anilines is 1. The minimum absolute atomic E-state index is 0.110. The third-order valence-corrected chi connectivity index (χ3v) is 5.26. The van der Waals surface area contributed by atoms with Gasteiger partial charge in [0.05, 0.1) is 15.8 Å². The first kappa shape index (κ1) is 13.8. The highest BCUT2D eigenvalue weighted by Crippen LogP contribution is 2.64. The van der Waals surface area contributed by atoms with Crippen LogP contribution in [0.3, 0.4) is 0 Å². The average molecular weight is 285 g/mol. The monoisotopic (exact) mass is 285 g/mol. The SMILES string of the molecule is CC1(C)C(Nc2ccc3ncccc3c2[N+](=O)[O-])C1(C)C. The minimum atomic E-state index is -0.325. The van der Waals surface area contributed by atoms with E-state index in [0.29, 0.717) is 16.6 Å². The first-order valence-electron chi connectivity index (χ1n) is 7.05. The number of aromatic nitrogens is 1. The maximum atomic E-state index is 11.5. The first-order chi connectivity index (χ1) is 9.76. The maximum Gasteiger partial charge on any atom is 0.301 e. The Morgan fingerprint density at radius 3 is 2.43 bits per heavy atom. The van der Waals surface area contributed by atoms with Crippen molar-refractivity contribution in [3.05, 3.63) is 40.6 Å². The van der Waals surface area contributed by atoms with Crippen LogP contribution in [0.25, 0.3) is 10.9 Å². The number of benzene rings is 1. The molecule has 0 aliphatic heterocycles. The van der Waals surface area contributed by atoms with E-state index in [1.54, 1.807) is 24.4 Å². The molecule has 0 atom stereocenters. The number of nitrogens with zero attached hydrogens (tertiary/aromatic N) is 2. The van der Waals surface area contributed by atoms with Gasteiger partial charge in [-0.3, -0.25) is 15.1 Å². The van der Waals surface area contributed by atoms with Gasteiger partial charge in [-0.25, -0.2) is 0 Å². The molecule has 1 aromatic carbocycles. The fourth-order valence-corrected chi connectivity index (χ4v) is 3.16. The van der Waals surface area contributed by atoms with Crippen molar-refractivity contribution in [1.29, 1.82) is 0 Å². The molecule has 1 N–H and O–H groups in total. The van der Waals surface area contributed by atoms with Crippen LogP contribution in [0.1, 0.15) is 27.7 Å². The number of nitro groups is 1. The third kappa shape index (κ3) is 1.87. The number of hydrogen-bond donors (Lipinski definition) is 1. The quantitative estimate of drug-likeness (QED) is 0.684. The molecule has 5 heteroatoms. The Kier molecular flexibility index (Phi) is 2.74. The summed E-state index contributed by atoms with van der Waals surface area (Å²) in [6, 6.07) is 7.28. The van der Waals surface area contributed by atoms with Crippen LogP contribution in [0.4, 0.5) is 11.4 Å². The van der Waals surface area contributed by atoms with E-state index in [9.17, 15) is 10.1 Å². The Hall–Kier alpha value is -2.17. The van der Waals surface area contributed by atoms with E-state index in [1.807, 2.05) is 6.07 Å². The normalized spacial score (nSPS) is 19.4. The lowest BCUT2D eigenvalue weighted by Crippen LogP contribution is -2.11. The minimum Gasteiger partial charge on any atom is -0.376 e. The molecule has 21 heavy (non-hydrogen) atoms. The summed E-state index contributed by atoms with van der Waals surface area (Å²) in [6.45, 7) is 8.72. The molecule has 1 aliphatic rings. The van der Waals surface area contributed by atoms with Gasteiger partial charge in [0.25, 0.3) is 0 Å². The van der Waals surface area contributed by atoms with E-state index in [-0.39, 0.29) is 27.5 Å². The van der Waals surface area contributed by atoms with Gasteiger partial charge >= 0.3 is 5.69 Å². The molecule has 3 rings (SSSR count). The van der Waals surface area contributed by atoms with Gasteiger partial charge < -0.3 is 5.32 Å². The molecular formula is C16H19N3O2. The number of fused-ring (bicyclic) bond motifs is 1. The van der Waals surface area contributed by atoms with Crippen molar-refractivity contribution in [3.8, 4) is 0 Å². The van der Waals surface area contributed by atoms with Crippen LogP contribution in [0, 0.1) is 20.9 Å². The Labute approximate surface area is 123 Å². The Morgan fingerprint density at radius 2 is 1.86 bits per heavy atom. The van der Waals surface area contributed by atoms with Crippen LogP contribution >= 0.6 is 0 Å². The zero-order valence-electron chi connectivity index (χ0n) is 12.7. The summed E-state index contributed by atoms with van der Waals surface area (Å²) in [6.07, 6.45) is 1.65. The number of pyridine rings is 1. The standard InChI is InChI=1S/C16H19N3O2/c1-15(2)14(16(15,3)4)18-12-8-7-11-10(6-5-9-17-11)13(12)19(20)21/h5-9,14,18H,1-4H3.